The monoisotopic (exact) mass is 255 g/mol. The molecule has 1 unspecified atom stereocenters. The summed E-state index contributed by atoms with van der Waals surface area (Å²) in [7, 11) is 0. The molecule has 0 saturated heterocycles. The average Bonchev–Trinajstić information content (AvgIpc) is 2.41. The van der Waals surface area contributed by atoms with Gasteiger partial charge < -0.3 is 5.32 Å². The molecule has 3 heteroatoms. The number of pyridine rings is 2. The highest BCUT2D eigenvalue weighted by molar-refractivity contribution is 5.32. The number of rotatable bonds is 5. The summed E-state index contributed by atoms with van der Waals surface area (Å²) in [6.07, 6.45) is 6.76. The largest absolute Gasteiger partial charge is 0.305 e. The van der Waals surface area contributed by atoms with Crippen molar-refractivity contribution in [1.29, 1.82) is 0 Å². The first-order chi connectivity index (χ1) is 9.22. The second-order valence-electron chi connectivity index (χ2n) is 4.89. The maximum Gasteiger partial charge on any atom is 0.0769 e. The molecule has 2 aromatic rings. The van der Waals surface area contributed by atoms with Gasteiger partial charge in [-0.1, -0.05) is 19.1 Å². The van der Waals surface area contributed by atoms with Gasteiger partial charge in [-0.15, -0.1) is 0 Å². The number of hydrogen-bond acceptors (Lipinski definition) is 3. The average molecular weight is 255 g/mol. The van der Waals surface area contributed by atoms with Gasteiger partial charge in [0.05, 0.1) is 11.7 Å². The third kappa shape index (κ3) is 3.38. The molecule has 3 nitrogen and oxygen atoms in total. The Morgan fingerprint density at radius 2 is 2.11 bits per heavy atom. The van der Waals surface area contributed by atoms with Gasteiger partial charge in [-0.05, 0) is 49.6 Å². The van der Waals surface area contributed by atoms with Crippen molar-refractivity contribution < 1.29 is 0 Å². The molecule has 0 radical (unpaired) electrons. The normalized spacial score (nSPS) is 12.4. The predicted octanol–water partition coefficient (Wildman–Crippen LogP) is 3.18. The standard InChI is InChI=1S/C16H21N3/c1-4-7-18-16(14-9-12(2)10-17-11-14)15-13(3)6-5-8-19-15/h5-6,8-11,16,18H,4,7H2,1-3H3. The first kappa shape index (κ1) is 13.7. The third-order valence-electron chi connectivity index (χ3n) is 3.15. The molecule has 0 saturated carbocycles. The van der Waals surface area contributed by atoms with Crippen molar-refractivity contribution in [1.82, 2.24) is 15.3 Å². The van der Waals surface area contributed by atoms with Crippen LogP contribution in [0.2, 0.25) is 0 Å². The zero-order valence-corrected chi connectivity index (χ0v) is 11.9. The van der Waals surface area contributed by atoms with Crippen LogP contribution in [0.3, 0.4) is 0 Å². The third-order valence-corrected chi connectivity index (χ3v) is 3.15. The van der Waals surface area contributed by atoms with E-state index in [9.17, 15) is 0 Å². The van der Waals surface area contributed by atoms with Gasteiger partial charge in [0.25, 0.3) is 0 Å². The fourth-order valence-corrected chi connectivity index (χ4v) is 2.20. The molecule has 0 aromatic carbocycles. The summed E-state index contributed by atoms with van der Waals surface area (Å²) in [5.41, 5.74) is 4.64. The Hall–Kier alpha value is -1.74. The highest BCUT2D eigenvalue weighted by Crippen LogP contribution is 2.22. The van der Waals surface area contributed by atoms with Gasteiger partial charge in [0.15, 0.2) is 0 Å². The van der Waals surface area contributed by atoms with Crippen molar-refractivity contribution >= 4 is 0 Å². The topological polar surface area (TPSA) is 37.8 Å². The van der Waals surface area contributed by atoms with E-state index in [0.29, 0.717) is 0 Å². The molecule has 0 spiro atoms. The van der Waals surface area contributed by atoms with Gasteiger partial charge in [0.1, 0.15) is 0 Å². The Balaban J connectivity index is 2.38. The van der Waals surface area contributed by atoms with Crippen LogP contribution in [0.25, 0.3) is 0 Å². The van der Waals surface area contributed by atoms with Gasteiger partial charge in [-0.25, -0.2) is 0 Å². The number of hydrogen-bond donors (Lipinski definition) is 1. The fraction of sp³-hybridized carbons (Fsp3) is 0.375. The Morgan fingerprint density at radius 1 is 1.26 bits per heavy atom. The Morgan fingerprint density at radius 3 is 2.79 bits per heavy atom. The van der Waals surface area contributed by atoms with Gasteiger partial charge in [0, 0.05) is 18.6 Å². The van der Waals surface area contributed by atoms with Gasteiger partial charge in [-0.2, -0.15) is 0 Å². The Bertz CT molecular complexity index is 537. The van der Waals surface area contributed by atoms with Crippen LogP contribution >= 0.6 is 0 Å². The molecule has 2 aromatic heterocycles. The molecular weight excluding hydrogens is 234 g/mol. The first-order valence-electron chi connectivity index (χ1n) is 6.78. The number of aromatic nitrogens is 2. The van der Waals surface area contributed by atoms with Crippen molar-refractivity contribution in [3.8, 4) is 0 Å². The van der Waals surface area contributed by atoms with Crippen LogP contribution in [0.5, 0.6) is 0 Å². The van der Waals surface area contributed by atoms with E-state index in [0.717, 1.165) is 18.7 Å². The lowest BCUT2D eigenvalue weighted by atomic mass is 10.0. The minimum absolute atomic E-state index is 0.119. The van der Waals surface area contributed by atoms with E-state index in [4.69, 9.17) is 0 Å². The first-order valence-corrected chi connectivity index (χ1v) is 6.78. The Kier molecular flexibility index (Phi) is 4.63. The highest BCUT2D eigenvalue weighted by atomic mass is 14.9. The maximum absolute atomic E-state index is 4.55. The molecule has 0 aliphatic rings. The van der Waals surface area contributed by atoms with Crippen molar-refractivity contribution in [2.45, 2.75) is 33.2 Å². The molecule has 2 rings (SSSR count). The number of nitrogens with zero attached hydrogens (tertiary/aromatic N) is 2. The molecule has 100 valence electrons. The zero-order valence-electron chi connectivity index (χ0n) is 11.9. The van der Waals surface area contributed by atoms with Crippen LogP contribution in [0.4, 0.5) is 0 Å². The second-order valence-corrected chi connectivity index (χ2v) is 4.89. The van der Waals surface area contributed by atoms with E-state index < -0.39 is 0 Å². The molecule has 0 amide bonds. The second kappa shape index (κ2) is 6.43. The molecule has 0 fully saturated rings. The minimum Gasteiger partial charge on any atom is -0.305 e. The van der Waals surface area contributed by atoms with E-state index in [-0.39, 0.29) is 6.04 Å². The summed E-state index contributed by atoms with van der Waals surface area (Å²) in [5.74, 6) is 0. The highest BCUT2D eigenvalue weighted by Gasteiger charge is 2.16. The molecule has 0 bridgehead atoms. The van der Waals surface area contributed by atoms with E-state index in [1.807, 2.05) is 24.7 Å². The van der Waals surface area contributed by atoms with Gasteiger partial charge >= 0.3 is 0 Å². The van der Waals surface area contributed by atoms with Crippen molar-refractivity contribution in [2.24, 2.45) is 0 Å². The van der Waals surface area contributed by atoms with Gasteiger partial charge in [0.2, 0.25) is 0 Å². The maximum atomic E-state index is 4.55. The van der Waals surface area contributed by atoms with E-state index in [1.54, 1.807) is 0 Å². The van der Waals surface area contributed by atoms with Crippen LogP contribution in [-0.2, 0) is 0 Å². The summed E-state index contributed by atoms with van der Waals surface area (Å²) in [4.78, 5) is 8.85. The van der Waals surface area contributed by atoms with Crippen molar-refractivity contribution in [3.05, 3.63) is 59.2 Å². The van der Waals surface area contributed by atoms with E-state index >= 15 is 0 Å². The molecule has 1 N–H and O–H groups in total. The SMILES string of the molecule is CCCNC(c1cncc(C)c1)c1ncccc1C. The van der Waals surface area contributed by atoms with Crippen molar-refractivity contribution in [2.75, 3.05) is 6.54 Å². The fourth-order valence-electron chi connectivity index (χ4n) is 2.20. The quantitative estimate of drug-likeness (QED) is 0.891. The van der Waals surface area contributed by atoms with Crippen LogP contribution in [-0.4, -0.2) is 16.5 Å². The van der Waals surface area contributed by atoms with E-state index in [2.05, 4.69) is 48.2 Å². The molecular formula is C16H21N3. The molecule has 2 heterocycles. The minimum atomic E-state index is 0.119. The van der Waals surface area contributed by atoms with E-state index in [1.165, 1.54) is 16.7 Å². The van der Waals surface area contributed by atoms with Gasteiger partial charge in [-0.3, -0.25) is 9.97 Å². The summed E-state index contributed by atoms with van der Waals surface area (Å²) in [6, 6.07) is 6.37. The lowest BCUT2D eigenvalue weighted by Crippen LogP contribution is -2.25. The molecule has 19 heavy (non-hydrogen) atoms. The molecule has 0 aliphatic carbocycles. The lowest BCUT2D eigenvalue weighted by molar-refractivity contribution is 0.582. The van der Waals surface area contributed by atoms with Crippen molar-refractivity contribution in [3.63, 3.8) is 0 Å². The number of aryl methyl sites for hydroxylation is 2. The molecule has 1 atom stereocenters. The summed E-state index contributed by atoms with van der Waals surface area (Å²) in [5, 5.41) is 3.57. The summed E-state index contributed by atoms with van der Waals surface area (Å²) < 4.78 is 0. The summed E-state index contributed by atoms with van der Waals surface area (Å²) >= 11 is 0. The Labute approximate surface area is 115 Å². The molecule has 0 aliphatic heterocycles. The van der Waals surface area contributed by atoms with Crippen LogP contribution in [0.1, 0.15) is 41.8 Å². The van der Waals surface area contributed by atoms with Crippen LogP contribution in [0, 0.1) is 13.8 Å². The van der Waals surface area contributed by atoms with Crippen LogP contribution in [0.15, 0.2) is 36.8 Å². The summed E-state index contributed by atoms with van der Waals surface area (Å²) in [6.45, 7) is 7.31. The van der Waals surface area contributed by atoms with Crippen LogP contribution < -0.4 is 5.32 Å². The lowest BCUT2D eigenvalue weighted by Gasteiger charge is -2.20. The predicted molar refractivity (Wildman–Crippen MR) is 78.1 cm³/mol. The number of nitrogens with one attached hydrogen (secondary N) is 1. The smallest absolute Gasteiger partial charge is 0.0769 e. The zero-order chi connectivity index (χ0) is 13.7.